The van der Waals surface area contributed by atoms with Gasteiger partial charge in [-0.05, 0) is 77.6 Å². The number of esters is 1. The molecule has 0 aliphatic heterocycles. The van der Waals surface area contributed by atoms with Gasteiger partial charge in [0.05, 0.1) is 5.56 Å². The number of carbonyl (C=O) groups excluding carboxylic acids is 1. The number of ether oxygens (including phenoxy) is 1. The molecule has 0 N–H and O–H groups in total. The van der Waals surface area contributed by atoms with Crippen molar-refractivity contribution in [1.82, 2.24) is 0 Å². The number of alkyl halides is 3. The molecule has 40 heavy (non-hydrogen) atoms. The van der Waals surface area contributed by atoms with Crippen LogP contribution in [0.1, 0.15) is 41.3 Å². The molecule has 0 saturated heterocycles. The first kappa shape index (κ1) is 28.7. The van der Waals surface area contributed by atoms with Crippen molar-refractivity contribution in [3.8, 4) is 28.0 Å². The standard InChI is InChI=1S/C32H24F6O2/c1-2-3-4-20-5-7-21(8-6-20)22-9-11-23(12-10-22)31(39)40-25-13-14-26(30(35)19-25)24-17-28(33)27(29(34)18-24)15-16-32(36,37)38/h5-19H,2-4H2,1H3. The zero-order valence-electron chi connectivity index (χ0n) is 21.4. The lowest BCUT2D eigenvalue weighted by Crippen LogP contribution is -2.08. The quantitative estimate of drug-likeness (QED) is 0.123. The van der Waals surface area contributed by atoms with Crippen molar-refractivity contribution in [2.24, 2.45) is 0 Å². The van der Waals surface area contributed by atoms with Gasteiger partial charge in [0.1, 0.15) is 23.2 Å². The fraction of sp³-hybridized carbons (Fsp3) is 0.156. The van der Waals surface area contributed by atoms with Gasteiger partial charge < -0.3 is 4.74 Å². The Labute approximate surface area is 227 Å². The predicted molar refractivity (Wildman–Crippen MR) is 142 cm³/mol. The number of rotatable bonds is 8. The summed E-state index contributed by atoms with van der Waals surface area (Å²) in [7, 11) is 0. The van der Waals surface area contributed by atoms with E-state index in [-0.39, 0.29) is 34.6 Å². The Morgan fingerprint density at radius 3 is 1.93 bits per heavy atom. The summed E-state index contributed by atoms with van der Waals surface area (Å²) in [6.45, 7) is 2.14. The zero-order chi connectivity index (χ0) is 28.9. The number of hydrogen-bond donors (Lipinski definition) is 0. The molecule has 4 rings (SSSR count). The molecule has 0 radical (unpaired) electrons. The molecule has 0 bridgehead atoms. The number of carbonyl (C=O) groups is 1. The van der Waals surface area contributed by atoms with Crippen LogP contribution < -0.4 is 4.74 Å². The van der Waals surface area contributed by atoms with Crippen molar-refractivity contribution in [1.29, 1.82) is 0 Å². The molecular weight excluding hydrogens is 530 g/mol. The van der Waals surface area contributed by atoms with Gasteiger partial charge >= 0.3 is 12.1 Å². The second kappa shape index (κ2) is 12.2. The molecular formula is C32H24F6O2. The van der Waals surface area contributed by atoms with E-state index in [2.05, 4.69) is 19.1 Å². The molecule has 0 aromatic heterocycles. The smallest absolute Gasteiger partial charge is 0.409 e. The van der Waals surface area contributed by atoms with Gasteiger partial charge in [-0.3, -0.25) is 0 Å². The van der Waals surface area contributed by atoms with Crippen molar-refractivity contribution in [2.75, 3.05) is 0 Å². The van der Waals surface area contributed by atoms with Crippen LogP contribution in [-0.2, 0) is 6.42 Å². The monoisotopic (exact) mass is 554 g/mol. The van der Waals surface area contributed by atoms with Crippen LogP contribution in [0.2, 0.25) is 0 Å². The number of aryl methyl sites for hydroxylation is 1. The van der Waals surface area contributed by atoms with Crippen LogP contribution in [0.25, 0.3) is 28.3 Å². The lowest BCUT2D eigenvalue weighted by molar-refractivity contribution is -0.0790. The van der Waals surface area contributed by atoms with Crippen LogP contribution in [0.15, 0.2) is 84.9 Å². The molecule has 0 atom stereocenters. The summed E-state index contributed by atoms with van der Waals surface area (Å²) < 4.78 is 85.7. The summed E-state index contributed by atoms with van der Waals surface area (Å²) in [5.41, 5.74) is 2.04. The van der Waals surface area contributed by atoms with Gasteiger partial charge in [0.2, 0.25) is 0 Å². The highest BCUT2D eigenvalue weighted by Gasteiger charge is 2.23. The highest BCUT2D eigenvalue weighted by atomic mass is 19.4. The maximum Gasteiger partial charge on any atom is 0.409 e. The van der Waals surface area contributed by atoms with Crippen molar-refractivity contribution >= 4 is 12.0 Å². The van der Waals surface area contributed by atoms with E-state index in [9.17, 15) is 31.1 Å². The minimum Gasteiger partial charge on any atom is -0.423 e. The molecule has 0 heterocycles. The Hall–Kier alpha value is -4.33. The van der Waals surface area contributed by atoms with Gasteiger partial charge in [-0.2, -0.15) is 13.2 Å². The van der Waals surface area contributed by atoms with Gasteiger partial charge in [-0.15, -0.1) is 0 Å². The largest absolute Gasteiger partial charge is 0.423 e. The number of allylic oxidation sites excluding steroid dienone is 1. The Bertz CT molecular complexity index is 1500. The van der Waals surface area contributed by atoms with Crippen molar-refractivity contribution < 1.29 is 35.9 Å². The summed E-state index contributed by atoms with van der Waals surface area (Å²) in [4.78, 5) is 12.6. The van der Waals surface area contributed by atoms with E-state index in [0.29, 0.717) is 0 Å². The number of halogens is 6. The average Bonchev–Trinajstić information content (AvgIpc) is 2.91. The molecule has 0 unspecified atom stereocenters. The summed E-state index contributed by atoms with van der Waals surface area (Å²) in [5.74, 6) is -4.39. The maximum atomic E-state index is 14.8. The molecule has 0 saturated carbocycles. The summed E-state index contributed by atoms with van der Waals surface area (Å²) >= 11 is 0. The van der Waals surface area contributed by atoms with E-state index in [0.717, 1.165) is 54.7 Å². The van der Waals surface area contributed by atoms with Gasteiger partial charge in [0.15, 0.2) is 0 Å². The SMILES string of the molecule is CCCCc1ccc(-c2ccc(C(=O)Oc3ccc(-c4cc(F)c(C=CC(F)(F)F)c(F)c4)c(F)c3)cc2)cc1. The first-order valence-corrected chi connectivity index (χ1v) is 12.5. The molecule has 2 nitrogen and oxygen atoms in total. The molecule has 0 aliphatic rings. The third kappa shape index (κ3) is 7.20. The second-order valence-corrected chi connectivity index (χ2v) is 9.14. The molecule has 206 valence electrons. The third-order valence-electron chi connectivity index (χ3n) is 6.21. The van der Waals surface area contributed by atoms with Crippen LogP contribution >= 0.6 is 0 Å². The second-order valence-electron chi connectivity index (χ2n) is 9.14. The van der Waals surface area contributed by atoms with Crippen molar-refractivity contribution in [3.63, 3.8) is 0 Å². The number of unbranched alkanes of at least 4 members (excludes halogenated alkanes) is 1. The summed E-state index contributed by atoms with van der Waals surface area (Å²) in [6, 6.07) is 19.7. The zero-order valence-corrected chi connectivity index (χ0v) is 21.4. The summed E-state index contributed by atoms with van der Waals surface area (Å²) in [5, 5.41) is 0. The van der Waals surface area contributed by atoms with Gasteiger partial charge in [0, 0.05) is 23.3 Å². The molecule has 4 aromatic rings. The lowest BCUT2D eigenvalue weighted by Gasteiger charge is -2.10. The van der Waals surface area contributed by atoms with E-state index in [4.69, 9.17) is 4.74 Å². The van der Waals surface area contributed by atoms with E-state index in [1.54, 1.807) is 24.3 Å². The molecule has 8 heteroatoms. The predicted octanol–water partition coefficient (Wildman–Crippen LogP) is 9.58. The Morgan fingerprint density at radius 1 is 0.775 bits per heavy atom. The van der Waals surface area contributed by atoms with Gasteiger partial charge in [-0.1, -0.05) is 49.7 Å². The van der Waals surface area contributed by atoms with Crippen molar-refractivity contribution in [2.45, 2.75) is 32.4 Å². The normalized spacial score (nSPS) is 11.7. The van der Waals surface area contributed by atoms with Crippen molar-refractivity contribution in [3.05, 3.63) is 119 Å². The minimum atomic E-state index is -4.75. The van der Waals surface area contributed by atoms with Crippen LogP contribution in [0.3, 0.4) is 0 Å². The molecule has 0 aliphatic carbocycles. The fourth-order valence-corrected chi connectivity index (χ4v) is 4.08. The van der Waals surface area contributed by atoms with Crippen LogP contribution in [-0.4, -0.2) is 12.1 Å². The highest BCUT2D eigenvalue weighted by molar-refractivity contribution is 5.91. The van der Waals surface area contributed by atoms with Crippen LogP contribution in [0.5, 0.6) is 5.75 Å². The Morgan fingerprint density at radius 2 is 1.38 bits per heavy atom. The van der Waals surface area contributed by atoms with E-state index in [1.165, 1.54) is 11.6 Å². The minimum absolute atomic E-state index is 0.135. The third-order valence-corrected chi connectivity index (χ3v) is 6.21. The number of hydrogen-bond acceptors (Lipinski definition) is 2. The maximum absolute atomic E-state index is 14.8. The van der Waals surface area contributed by atoms with Crippen LogP contribution in [0, 0.1) is 17.5 Å². The average molecular weight is 555 g/mol. The van der Waals surface area contributed by atoms with E-state index >= 15 is 0 Å². The fourth-order valence-electron chi connectivity index (χ4n) is 4.08. The molecule has 0 fully saturated rings. The lowest BCUT2D eigenvalue weighted by atomic mass is 10.0. The molecule has 4 aromatic carbocycles. The molecule has 0 amide bonds. The van der Waals surface area contributed by atoms with E-state index < -0.39 is 35.2 Å². The molecule has 0 spiro atoms. The van der Waals surface area contributed by atoms with Crippen LogP contribution in [0.4, 0.5) is 26.3 Å². The van der Waals surface area contributed by atoms with Gasteiger partial charge in [-0.25, -0.2) is 18.0 Å². The highest BCUT2D eigenvalue weighted by Crippen LogP contribution is 2.31. The number of benzene rings is 4. The Kier molecular flexibility index (Phi) is 8.77. The first-order chi connectivity index (χ1) is 19.0. The Balaban J connectivity index is 1.46. The topological polar surface area (TPSA) is 26.3 Å². The first-order valence-electron chi connectivity index (χ1n) is 12.5. The van der Waals surface area contributed by atoms with E-state index in [1.807, 2.05) is 12.1 Å². The summed E-state index contributed by atoms with van der Waals surface area (Å²) in [6.07, 6.45) is -1.51. The van der Waals surface area contributed by atoms with Gasteiger partial charge in [0.25, 0.3) is 0 Å².